The van der Waals surface area contributed by atoms with Crippen molar-refractivity contribution in [2.45, 2.75) is 37.8 Å². The molecule has 26 heavy (non-hydrogen) atoms. The van der Waals surface area contributed by atoms with E-state index < -0.39 is 34.0 Å². The highest BCUT2D eigenvalue weighted by Gasteiger charge is 2.23. The van der Waals surface area contributed by atoms with Gasteiger partial charge in [0, 0.05) is 6.04 Å². The van der Waals surface area contributed by atoms with Crippen molar-refractivity contribution in [3.05, 3.63) is 28.8 Å². The van der Waals surface area contributed by atoms with E-state index in [4.69, 9.17) is 16.3 Å². The number of halogens is 1. The third-order valence-electron chi connectivity index (χ3n) is 3.03. The van der Waals surface area contributed by atoms with Gasteiger partial charge in [-0.25, -0.2) is 22.7 Å². The number of sulfonamides is 1. The molecule has 0 fully saturated rings. The molecule has 9 nitrogen and oxygen atoms in total. The van der Waals surface area contributed by atoms with Gasteiger partial charge in [-0.2, -0.15) is 0 Å². The predicted octanol–water partition coefficient (Wildman–Crippen LogP) is 1.03. The molecule has 0 aliphatic heterocycles. The summed E-state index contributed by atoms with van der Waals surface area (Å²) >= 11 is 5.84. The second kappa shape index (κ2) is 8.97. The number of carbonyl (C=O) groups is 3. The summed E-state index contributed by atoms with van der Waals surface area (Å²) in [6, 6.07) is 2.62. The zero-order valence-corrected chi connectivity index (χ0v) is 16.2. The summed E-state index contributed by atoms with van der Waals surface area (Å²) < 4.78 is 30.8. The van der Waals surface area contributed by atoms with Crippen LogP contribution in [0.3, 0.4) is 0 Å². The Hall–Kier alpha value is -2.17. The lowest BCUT2D eigenvalue weighted by Gasteiger charge is -2.15. The number of nitrogens with one attached hydrogen (secondary N) is 3. The van der Waals surface area contributed by atoms with E-state index in [1.807, 2.05) is 5.32 Å². The summed E-state index contributed by atoms with van der Waals surface area (Å²) in [6.45, 7) is 4.70. The summed E-state index contributed by atoms with van der Waals surface area (Å²) in [7, 11) is -2.68. The normalized spacial score (nSPS) is 12.4. The first kappa shape index (κ1) is 21.9. The molecular weight excluding hydrogens is 386 g/mol. The van der Waals surface area contributed by atoms with Crippen LogP contribution in [0.2, 0.25) is 5.02 Å². The zero-order valence-electron chi connectivity index (χ0n) is 14.6. The molecule has 0 saturated heterocycles. The maximum Gasteiger partial charge on any atom is 0.338 e. The van der Waals surface area contributed by atoms with E-state index in [0.717, 1.165) is 6.07 Å². The predicted molar refractivity (Wildman–Crippen MR) is 94.4 cm³/mol. The Morgan fingerprint density at radius 2 is 1.77 bits per heavy atom. The lowest BCUT2D eigenvalue weighted by molar-refractivity contribution is -0.127. The van der Waals surface area contributed by atoms with Gasteiger partial charge in [-0.15, -0.1) is 0 Å². The third-order valence-corrected chi connectivity index (χ3v) is 4.93. The van der Waals surface area contributed by atoms with Crippen molar-refractivity contribution in [3.63, 3.8) is 0 Å². The van der Waals surface area contributed by atoms with Gasteiger partial charge in [0.2, 0.25) is 10.0 Å². The topological polar surface area (TPSA) is 131 Å². The quantitative estimate of drug-likeness (QED) is 0.606. The smallest absolute Gasteiger partial charge is 0.338 e. The number of hydrogen-bond donors (Lipinski definition) is 3. The summed E-state index contributed by atoms with van der Waals surface area (Å²) in [5.74, 6) is -1.77. The molecule has 1 rings (SSSR count). The Labute approximate surface area is 156 Å². The van der Waals surface area contributed by atoms with Crippen LogP contribution in [-0.4, -0.2) is 45.5 Å². The lowest BCUT2D eigenvalue weighted by atomic mass is 10.2. The molecule has 0 bridgehead atoms. The van der Waals surface area contributed by atoms with Gasteiger partial charge in [0.15, 0.2) is 6.10 Å². The molecule has 0 spiro atoms. The molecule has 0 unspecified atom stereocenters. The monoisotopic (exact) mass is 405 g/mol. The average Bonchev–Trinajstić information content (AvgIpc) is 2.53. The molecule has 11 heteroatoms. The van der Waals surface area contributed by atoms with Gasteiger partial charge in [-0.3, -0.25) is 10.1 Å². The van der Waals surface area contributed by atoms with Gasteiger partial charge >= 0.3 is 12.0 Å². The fourth-order valence-electron chi connectivity index (χ4n) is 1.74. The molecule has 3 amide bonds. The van der Waals surface area contributed by atoms with Gasteiger partial charge < -0.3 is 10.1 Å². The Bertz CT molecular complexity index is 810. The number of imide groups is 1. The molecule has 0 radical (unpaired) electrons. The van der Waals surface area contributed by atoms with E-state index in [0.29, 0.717) is 0 Å². The number of rotatable bonds is 6. The standard InChI is InChI=1S/C15H20ClN3O6S/c1-8(2)18-15(22)19-13(20)9(3)25-14(21)10-5-6-11(16)12(7-10)26(23,24)17-4/h5-9,17H,1-4H3,(H2,18,19,20,22)/t9-/m0/s1. The Balaban J connectivity index is 2.86. The van der Waals surface area contributed by atoms with Crippen molar-refractivity contribution in [3.8, 4) is 0 Å². The van der Waals surface area contributed by atoms with Crippen LogP contribution in [0.25, 0.3) is 0 Å². The fourth-order valence-corrected chi connectivity index (χ4v) is 2.99. The summed E-state index contributed by atoms with van der Waals surface area (Å²) in [5.41, 5.74) is -0.116. The highest BCUT2D eigenvalue weighted by atomic mass is 35.5. The highest BCUT2D eigenvalue weighted by molar-refractivity contribution is 7.89. The van der Waals surface area contributed by atoms with Gasteiger partial charge in [-0.1, -0.05) is 11.6 Å². The Morgan fingerprint density at radius 1 is 1.15 bits per heavy atom. The molecule has 0 aliphatic rings. The van der Waals surface area contributed by atoms with Crippen LogP contribution in [0, 0.1) is 0 Å². The Kier molecular flexibility index (Phi) is 7.54. The van der Waals surface area contributed by atoms with Gasteiger partial charge in [-0.05, 0) is 46.0 Å². The van der Waals surface area contributed by atoms with Crippen LogP contribution in [0.15, 0.2) is 23.1 Å². The van der Waals surface area contributed by atoms with Gasteiger partial charge in [0.05, 0.1) is 10.6 Å². The van der Waals surface area contributed by atoms with Crippen molar-refractivity contribution in [1.29, 1.82) is 0 Å². The van der Waals surface area contributed by atoms with Crippen LogP contribution >= 0.6 is 11.6 Å². The lowest BCUT2D eigenvalue weighted by Crippen LogP contribution is -2.46. The second-order valence-corrected chi connectivity index (χ2v) is 7.78. The van der Waals surface area contributed by atoms with Crippen molar-refractivity contribution in [2.75, 3.05) is 7.05 Å². The van der Waals surface area contributed by atoms with E-state index in [1.165, 1.54) is 26.1 Å². The number of carbonyl (C=O) groups excluding carboxylic acids is 3. The molecular formula is C15H20ClN3O6S. The van der Waals surface area contributed by atoms with E-state index in [2.05, 4.69) is 10.0 Å². The van der Waals surface area contributed by atoms with E-state index >= 15 is 0 Å². The number of amides is 3. The molecule has 3 N–H and O–H groups in total. The van der Waals surface area contributed by atoms with Crippen LogP contribution in [-0.2, 0) is 19.6 Å². The molecule has 1 atom stereocenters. The first-order chi connectivity index (χ1) is 12.0. The Morgan fingerprint density at radius 3 is 2.31 bits per heavy atom. The first-order valence-electron chi connectivity index (χ1n) is 7.53. The van der Waals surface area contributed by atoms with E-state index in [-0.39, 0.29) is 21.5 Å². The minimum atomic E-state index is -3.88. The minimum Gasteiger partial charge on any atom is -0.449 e. The highest BCUT2D eigenvalue weighted by Crippen LogP contribution is 2.23. The zero-order chi connectivity index (χ0) is 20.1. The first-order valence-corrected chi connectivity index (χ1v) is 9.39. The molecule has 0 heterocycles. The van der Waals surface area contributed by atoms with Gasteiger partial charge in [0.25, 0.3) is 5.91 Å². The number of hydrogen-bond acceptors (Lipinski definition) is 6. The summed E-state index contributed by atoms with van der Waals surface area (Å²) in [4.78, 5) is 35.2. The SMILES string of the molecule is CNS(=O)(=O)c1cc(C(=O)O[C@@H](C)C(=O)NC(=O)NC(C)C)ccc1Cl. The van der Waals surface area contributed by atoms with Gasteiger partial charge in [0.1, 0.15) is 4.90 Å². The molecule has 144 valence electrons. The second-order valence-electron chi connectivity index (χ2n) is 5.52. The molecule has 0 aliphatic carbocycles. The molecule has 0 saturated carbocycles. The fraction of sp³-hybridized carbons (Fsp3) is 0.400. The number of ether oxygens (including phenoxy) is 1. The maximum absolute atomic E-state index is 12.1. The average molecular weight is 406 g/mol. The largest absolute Gasteiger partial charge is 0.449 e. The van der Waals surface area contributed by atoms with Crippen molar-refractivity contribution >= 4 is 39.5 Å². The van der Waals surface area contributed by atoms with Crippen molar-refractivity contribution in [2.24, 2.45) is 0 Å². The van der Waals surface area contributed by atoms with Crippen LogP contribution < -0.4 is 15.4 Å². The summed E-state index contributed by atoms with van der Waals surface area (Å²) in [6.07, 6.45) is -1.28. The van der Waals surface area contributed by atoms with Crippen LogP contribution in [0.5, 0.6) is 0 Å². The number of urea groups is 1. The molecule has 1 aromatic carbocycles. The minimum absolute atomic E-state index is 0.0768. The van der Waals surface area contributed by atoms with E-state index in [1.54, 1.807) is 13.8 Å². The number of benzene rings is 1. The third kappa shape index (κ3) is 5.97. The summed E-state index contributed by atoms with van der Waals surface area (Å²) in [5, 5.41) is 4.40. The maximum atomic E-state index is 12.1. The molecule has 1 aromatic rings. The van der Waals surface area contributed by atoms with Crippen molar-refractivity contribution in [1.82, 2.24) is 15.4 Å². The van der Waals surface area contributed by atoms with Crippen molar-refractivity contribution < 1.29 is 27.5 Å². The van der Waals surface area contributed by atoms with Crippen LogP contribution in [0.1, 0.15) is 31.1 Å². The van der Waals surface area contributed by atoms with Crippen LogP contribution in [0.4, 0.5) is 4.79 Å². The number of esters is 1. The molecule has 0 aromatic heterocycles. The van der Waals surface area contributed by atoms with E-state index in [9.17, 15) is 22.8 Å².